The van der Waals surface area contributed by atoms with Gasteiger partial charge in [0.1, 0.15) is 5.78 Å². The second-order valence-corrected chi connectivity index (χ2v) is 5.69. The first-order valence-corrected chi connectivity index (χ1v) is 7.29. The first-order chi connectivity index (χ1) is 9.20. The fourth-order valence-electron chi connectivity index (χ4n) is 3.45. The molecule has 0 radical (unpaired) electrons. The van der Waals surface area contributed by atoms with Gasteiger partial charge in [0.05, 0.1) is 5.52 Å². The van der Waals surface area contributed by atoms with E-state index in [0.717, 1.165) is 32.1 Å². The summed E-state index contributed by atoms with van der Waals surface area (Å²) in [6.45, 7) is 2.20. The zero-order valence-corrected chi connectivity index (χ0v) is 11.8. The Bertz CT molecular complexity index is 623. The van der Waals surface area contributed by atoms with E-state index in [1.54, 1.807) is 0 Å². The van der Waals surface area contributed by atoms with Crippen molar-refractivity contribution in [1.82, 2.24) is 4.57 Å². The monoisotopic (exact) mass is 255 g/mol. The Balaban J connectivity index is 2.02. The maximum absolute atomic E-state index is 11.8. The highest BCUT2D eigenvalue weighted by Gasteiger charge is 2.25. The Morgan fingerprint density at radius 3 is 2.84 bits per heavy atom. The van der Waals surface area contributed by atoms with E-state index in [1.807, 2.05) is 0 Å². The van der Waals surface area contributed by atoms with Gasteiger partial charge in [-0.25, -0.2) is 0 Å². The molecule has 2 aromatic rings. The van der Waals surface area contributed by atoms with Crippen LogP contribution in [0.1, 0.15) is 37.3 Å². The first kappa shape index (κ1) is 12.5. The highest BCUT2D eigenvalue weighted by molar-refractivity contribution is 5.88. The Kier molecular flexibility index (Phi) is 3.17. The van der Waals surface area contributed by atoms with E-state index < -0.39 is 0 Å². The predicted molar refractivity (Wildman–Crippen MR) is 78.3 cm³/mol. The predicted octanol–water partition coefficient (Wildman–Crippen LogP) is 3.65. The van der Waals surface area contributed by atoms with Crippen molar-refractivity contribution in [1.29, 1.82) is 0 Å². The fourth-order valence-corrected chi connectivity index (χ4v) is 3.45. The molecule has 2 heteroatoms. The van der Waals surface area contributed by atoms with Crippen molar-refractivity contribution >= 4 is 16.7 Å². The summed E-state index contributed by atoms with van der Waals surface area (Å²) in [5.41, 5.74) is 4.07. The van der Waals surface area contributed by atoms with Gasteiger partial charge < -0.3 is 4.57 Å². The molecule has 1 fully saturated rings. The van der Waals surface area contributed by atoms with E-state index in [1.165, 1.54) is 22.0 Å². The molecule has 1 saturated carbocycles. The highest BCUT2D eigenvalue weighted by Crippen LogP contribution is 2.30. The molecule has 1 atom stereocenters. The van der Waals surface area contributed by atoms with Crippen molar-refractivity contribution in [3.63, 3.8) is 0 Å². The number of nitrogens with zero attached hydrogens (tertiary/aromatic N) is 1. The molecule has 0 saturated heterocycles. The van der Waals surface area contributed by atoms with E-state index in [4.69, 9.17) is 0 Å². The molecule has 19 heavy (non-hydrogen) atoms. The normalized spacial score (nSPS) is 19.5. The Morgan fingerprint density at radius 2 is 2.16 bits per heavy atom. The number of carbonyl (C=O) groups is 1. The number of hydrogen-bond acceptors (Lipinski definition) is 1. The lowest BCUT2D eigenvalue weighted by Gasteiger charge is -2.07. The minimum absolute atomic E-state index is 0.260. The van der Waals surface area contributed by atoms with Crippen LogP contribution in [0.4, 0.5) is 0 Å². The van der Waals surface area contributed by atoms with Crippen LogP contribution in [0.3, 0.4) is 0 Å². The topological polar surface area (TPSA) is 22.0 Å². The van der Waals surface area contributed by atoms with Crippen LogP contribution >= 0.6 is 0 Å². The average molecular weight is 255 g/mol. The lowest BCUT2D eigenvalue weighted by molar-refractivity contribution is -0.120. The molecule has 1 aromatic carbocycles. The quantitative estimate of drug-likeness (QED) is 0.820. The Hall–Kier alpha value is -1.57. The first-order valence-electron chi connectivity index (χ1n) is 7.29. The minimum Gasteiger partial charge on any atom is -0.350 e. The van der Waals surface area contributed by atoms with Crippen LogP contribution in [-0.2, 0) is 24.7 Å². The third kappa shape index (κ3) is 2.09. The second-order valence-electron chi connectivity index (χ2n) is 5.69. The number of aryl methyl sites for hydroxylation is 2. The average Bonchev–Trinajstić information content (AvgIpc) is 2.95. The SMILES string of the molecule is CCc1cccc2c(CC3CCCC3=O)cn(C)c12. The van der Waals surface area contributed by atoms with Crippen LogP contribution in [0.25, 0.3) is 10.9 Å². The van der Waals surface area contributed by atoms with Crippen molar-refractivity contribution in [3.8, 4) is 0 Å². The Labute approximate surface area is 114 Å². The molecule has 0 amide bonds. The van der Waals surface area contributed by atoms with Gasteiger partial charge in [0.15, 0.2) is 0 Å². The van der Waals surface area contributed by atoms with Gasteiger partial charge in [0.2, 0.25) is 0 Å². The second kappa shape index (κ2) is 4.84. The van der Waals surface area contributed by atoms with Gasteiger partial charge in [-0.1, -0.05) is 25.1 Å². The molecule has 3 rings (SSSR count). The van der Waals surface area contributed by atoms with E-state index in [-0.39, 0.29) is 5.92 Å². The van der Waals surface area contributed by atoms with E-state index >= 15 is 0 Å². The zero-order valence-electron chi connectivity index (χ0n) is 11.8. The number of para-hydroxylation sites is 1. The van der Waals surface area contributed by atoms with Crippen molar-refractivity contribution < 1.29 is 4.79 Å². The maximum atomic E-state index is 11.8. The van der Waals surface area contributed by atoms with Crippen LogP contribution in [-0.4, -0.2) is 10.4 Å². The molecule has 0 bridgehead atoms. The summed E-state index contributed by atoms with van der Waals surface area (Å²) >= 11 is 0. The van der Waals surface area contributed by atoms with E-state index in [0.29, 0.717) is 5.78 Å². The summed E-state index contributed by atoms with van der Waals surface area (Å²) in [5, 5.41) is 1.33. The summed E-state index contributed by atoms with van der Waals surface area (Å²) in [7, 11) is 2.11. The van der Waals surface area contributed by atoms with Crippen molar-refractivity contribution in [3.05, 3.63) is 35.5 Å². The number of Topliss-reactive ketones (excluding diaryl/α,β-unsaturated/α-hetero) is 1. The number of rotatable bonds is 3. The summed E-state index contributed by atoms with van der Waals surface area (Å²) in [4.78, 5) is 11.8. The molecule has 1 unspecified atom stereocenters. The fraction of sp³-hybridized carbons (Fsp3) is 0.471. The summed E-state index contributed by atoms with van der Waals surface area (Å²) in [6.07, 6.45) is 7.13. The van der Waals surface area contributed by atoms with Gasteiger partial charge >= 0.3 is 0 Å². The molecule has 100 valence electrons. The lowest BCUT2D eigenvalue weighted by atomic mass is 9.96. The third-order valence-corrected chi connectivity index (χ3v) is 4.45. The molecular formula is C17H21NO. The molecule has 1 aliphatic rings. The van der Waals surface area contributed by atoms with Crippen molar-refractivity contribution in [2.45, 2.75) is 39.0 Å². The molecule has 0 aliphatic heterocycles. The molecule has 1 heterocycles. The maximum Gasteiger partial charge on any atom is 0.136 e. The number of carbonyl (C=O) groups excluding carboxylic acids is 1. The van der Waals surface area contributed by atoms with Crippen LogP contribution < -0.4 is 0 Å². The number of aromatic nitrogens is 1. The summed E-state index contributed by atoms with van der Waals surface area (Å²) in [5.74, 6) is 0.722. The van der Waals surface area contributed by atoms with Gasteiger partial charge in [-0.05, 0) is 36.8 Å². The third-order valence-electron chi connectivity index (χ3n) is 4.45. The molecule has 0 spiro atoms. The summed E-state index contributed by atoms with van der Waals surface area (Å²) < 4.78 is 2.23. The van der Waals surface area contributed by atoms with E-state index in [9.17, 15) is 4.79 Å². The minimum atomic E-state index is 0.260. The van der Waals surface area contributed by atoms with E-state index in [2.05, 4.69) is 42.9 Å². The van der Waals surface area contributed by atoms with Gasteiger partial charge in [0, 0.05) is 31.0 Å². The van der Waals surface area contributed by atoms with Crippen molar-refractivity contribution in [2.75, 3.05) is 0 Å². The van der Waals surface area contributed by atoms with Crippen LogP contribution in [0.5, 0.6) is 0 Å². The molecule has 2 nitrogen and oxygen atoms in total. The highest BCUT2D eigenvalue weighted by atomic mass is 16.1. The number of hydrogen-bond donors (Lipinski definition) is 0. The zero-order chi connectivity index (χ0) is 13.4. The van der Waals surface area contributed by atoms with Crippen LogP contribution in [0.15, 0.2) is 24.4 Å². The van der Waals surface area contributed by atoms with Crippen molar-refractivity contribution in [2.24, 2.45) is 13.0 Å². The van der Waals surface area contributed by atoms with Crippen LogP contribution in [0.2, 0.25) is 0 Å². The van der Waals surface area contributed by atoms with Crippen LogP contribution in [0, 0.1) is 5.92 Å². The largest absolute Gasteiger partial charge is 0.350 e. The number of fused-ring (bicyclic) bond motifs is 1. The smallest absolute Gasteiger partial charge is 0.136 e. The van der Waals surface area contributed by atoms with Gasteiger partial charge in [-0.2, -0.15) is 0 Å². The van der Waals surface area contributed by atoms with Gasteiger partial charge in [-0.3, -0.25) is 4.79 Å². The molecule has 0 N–H and O–H groups in total. The molecule has 1 aromatic heterocycles. The Morgan fingerprint density at radius 1 is 1.32 bits per heavy atom. The number of benzene rings is 1. The molecular weight excluding hydrogens is 234 g/mol. The summed E-state index contributed by atoms with van der Waals surface area (Å²) in [6, 6.07) is 6.54. The van der Waals surface area contributed by atoms with Gasteiger partial charge in [-0.15, -0.1) is 0 Å². The standard InChI is InChI=1S/C17H21NO/c1-3-12-6-4-8-15-14(11-18(2)17(12)15)10-13-7-5-9-16(13)19/h4,6,8,11,13H,3,5,7,9-10H2,1-2H3. The lowest BCUT2D eigenvalue weighted by Crippen LogP contribution is -2.09. The molecule has 1 aliphatic carbocycles. The van der Waals surface area contributed by atoms with Gasteiger partial charge in [0.25, 0.3) is 0 Å². The number of ketones is 1.